The van der Waals surface area contributed by atoms with Gasteiger partial charge in [-0.1, -0.05) is 0 Å². The minimum atomic E-state index is -3.17. The Morgan fingerprint density at radius 3 is 2.24 bits per heavy atom. The molecule has 0 spiro atoms. The topological polar surface area (TPSA) is 168 Å². The number of aliphatic hydroxyl groups is 6. The van der Waals surface area contributed by atoms with Crippen LogP contribution in [-0.2, 0) is 9.53 Å². The van der Waals surface area contributed by atoms with E-state index in [1.807, 2.05) is 0 Å². The lowest BCUT2D eigenvalue weighted by Crippen LogP contribution is -2.69. The Labute approximate surface area is 95.1 Å². The van der Waals surface area contributed by atoms with Crippen molar-refractivity contribution < 1.29 is 45.3 Å². The number of ether oxygens (including phenoxy) is 1. The van der Waals surface area contributed by atoms with E-state index in [0.29, 0.717) is 0 Å². The molecule has 0 aromatic carbocycles. The van der Waals surface area contributed by atoms with Crippen LogP contribution >= 0.6 is 0 Å². The van der Waals surface area contributed by atoms with Gasteiger partial charge in [0.2, 0.25) is 0 Å². The summed E-state index contributed by atoms with van der Waals surface area (Å²) in [5, 5.41) is 64.1. The fraction of sp³-hybridized carbons (Fsp3) is 0.875. The first kappa shape index (κ1) is 14.3. The summed E-state index contributed by atoms with van der Waals surface area (Å²) in [5.74, 6) is -5.16. The first-order valence-corrected chi connectivity index (χ1v) is 4.72. The van der Waals surface area contributed by atoms with Gasteiger partial charge in [-0.3, -0.25) is 0 Å². The van der Waals surface area contributed by atoms with Gasteiger partial charge in [-0.25, -0.2) is 4.79 Å². The molecule has 9 heteroatoms. The van der Waals surface area contributed by atoms with Gasteiger partial charge < -0.3 is 40.5 Å². The third-order valence-electron chi connectivity index (χ3n) is 2.60. The van der Waals surface area contributed by atoms with Crippen LogP contribution in [-0.4, -0.2) is 84.6 Å². The van der Waals surface area contributed by atoms with Gasteiger partial charge in [0.25, 0.3) is 5.79 Å². The average molecular weight is 254 g/mol. The zero-order valence-corrected chi connectivity index (χ0v) is 8.54. The Kier molecular flexibility index (Phi) is 4.04. The lowest BCUT2D eigenvalue weighted by Gasteiger charge is -2.44. The summed E-state index contributed by atoms with van der Waals surface area (Å²) in [6.07, 6.45) is -9.67. The minimum absolute atomic E-state index is 0.889. The number of hydrogen-bond donors (Lipinski definition) is 7. The predicted octanol–water partition coefficient (Wildman–Crippen LogP) is -4.41. The van der Waals surface area contributed by atoms with E-state index in [4.69, 9.17) is 10.2 Å². The number of aliphatic carboxylic acids is 1. The average Bonchev–Trinajstić information content (AvgIpc) is 2.30. The maximum atomic E-state index is 10.7. The van der Waals surface area contributed by atoms with Gasteiger partial charge in [-0.05, 0) is 0 Å². The molecule has 0 aromatic rings. The highest BCUT2D eigenvalue weighted by Crippen LogP contribution is 2.29. The summed E-state index contributed by atoms with van der Waals surface area (Å²) in [6.45, 7) is -0.889. The quantitative estimate of drug-likeness (QED) is 0.263. The summed E-state index contributed by atoms with van der Waals surface area (Å²) in [5.41, 5.74) is 0. The summed E-state index contributed by atoms with van der Waals surface area (Å²) in [7, 11) is 0. The van der Waals surface area contributed by atoms with Crippen LogP contribution in [0.4, 0.5) is 0 Å². The van der Waals surface area contributed by atoms with E-state index < -0.39 is 48.9 Å². The molecule has 0 amide bonds. The number of carbonyl (C=O) groups is 1. The van der Waals surface area contributed by atoms with Crippen LogP contribution in [0.3, 0.4) is 0 Å². The highest BCUT2D eigenvalue weighted by molar-refractivity contribution is 5.76. The van der Waals surface area contributed by atoms with E-state index in [9.17, 15) is 30.3 Å². The number of carboxylic acids is 1. The van der Waals surface area contributed by atoms with Crippen LogP contribution < -0.4 is 0 Å². The SMILES string of the molecule is O=C(O)C1(O)OC([C@H](O)CO)[C@H](O)[C@H](O)C1O. The largest absolute Gasteiger partial charge is 0.477 e. The van der Waals surface area contributed by atoms with Gasteiger partial charge in [0.1, 0.15) is 30.5 Å². The Morgan fingerprint density at radius 2 is 1.82 bits per heavy atom. The molecule has 9 nitrogen and oxygen atoms in total. The predicted molar refractivity (Wildman–Crippen MR) is 48.6 cm³/mol. The summed E-state index contributed by atoms with van der Waals surface area (Å²) >= 11 is 0. The molecule has 0 bridgehead atoms. The monoisotopic (exact) mass is 254 g/mol. The van der Waals surface area contributed by atoms with E-state index in [-0.39, 0.29) is 0 Å². The molecule has 0 aliphatic carbocycles. The standard InChI is InChI=1S/C8H14O9/c9-1-2(10)5-3(11)4(12)6(13)8(16,17-5)7(14)15/h2-6,9-13,16H,1H2,(H,14,15)/t2-,3-,4+,5?,6?,8?/m1/s1. The van der Waals surface area contributed by atoms with E-state index in [0.717, 1.165) is 0 Å². The van der Waals surface area contributed by atoms with Crippen LogP contribution in [0.2, 0.25) is 0 Å². The molecule has 7 N–H and O–H groups in total. The summed E-state index contributed by atoms with van der Waals surface area (Å²) in [6, 6.07) is 0. The van der Waals surface area contributed by atoms with E-state index in [2.05, 4.69) is 4.74 Å². The number of hydrogen-bond acceptors (Lipinski definition) is 8. The molecular weight excluding hydrogens is 240 g/mol. The number of rotatable bonds is 3. The maximum absolute atomic E-state index is 10.7. The van der Waals surface area contributed by atoms with Crippen molar-refractivity contribution in [3.05, 3.63) is 0 Å². The van der Waals surface area contributed by atoms with Crippen LogP contribution in [0.1, 0.15) is 0 Å². The van der Waals surface area contributed by atoms with Crippen LogP contribution in [0.25, 0.3) is 0 Å². The first-order chi connectivity index (χ1) is 7.75. The molecule has 6 atom stereocenters. The van der Waals surface area contributed by atoms with Gasteiger partial charge >= 0.3 is 5.97 Å². The van der Waals surface area contributed by atoms with E-state index in [1.54, 1.807) is 0 Å². The fourth-order valence-corrected chi connectivity index (χ4v) is 1.55. The minimum Gasteiger partial charge on any atom is -0.477 e. The van der Waals surface area contributed by atoms with Crippen molar-refractivity contribution >= 4 is 5.97 Å². The second-order valence-corrected chi connectivity index (χ2v) is 3.76. The summed E-state index contributed by atoms with van der Waals surface area (Å²) < 4.78 is 4.47. The second-order valence-electron chi connectivity index (χ2n) is 3.76. The Hall–Kier alpha value is -0.810. The van der Waals surface area contributed by atoms with Crippen molar-refractivity contribution in [2.24, 2.45) is 0 Å². The lowest BCUT2D eigenvalue weighted by molar-refractivity contribution is -0.346. The van der Waals surface area contributed by atoms with Crippen molar-refractivity contribution in [1.29, 1.82) is 0 Å². The second kappa shape index (κ2) is 4.82. The highest BCUT2D eigenvalue weighted by atomic mass is 16.7. The van der Waals surface area contributed by atoms with Gasteiger partial charge in [0.05, 0.1) is 6.61 Å². The van der Waals surface area contributed by atoms with Gasteiger partial charge in [0, 0.05) is 0 Å². The Balaban J connectivity index is 3.02. The van der Waals surface area contributed by atoms with Gasteiger partial charge in [-0.15, -0.1) is 0 Å². The van der Waals surface area contributed by atoms with E-state index >= 15 is 0 Å². The first-order valence-electron chi connectivity index (χ1n) is 4.72. The number of carboxylic acid groups (broad SMARTS) is 1. The van der Waals surface area contributed by atoms with Gasteiger partial charge in [0.15, 0.2) is 0 Å². The molecule has 1 saturated heterocycles. The van der Waals surface area contributed by atoms with E-state index in [1.165, 1.54) is 0 Å². The molecule has 0 saturated carbocycles. The van der Waals surface area contributed by atoms with Crippen molar-refractivity contribution in [3.8, 4) is 0 Å². The molecule has 100 valence electrons. The molecule has 1 aliphatic rings. The lowest BCUT2D eigenvalue weighted by atomic mass is 9.90. The third kappa shape index (κ3) is 2.26. The highest BCUT2D eigenvalue weighted by Gasteiger charge is 2.58. The van der Waals surface area contributed by atoms with Crippen LogP contribution in [0.5, 0.6) is 0 Å². The van der Waals surface area contributed by atoms with Crippen molar-refractivity contribution in [3.63, 3.8) is 0 Å². The van der Waals surface area contributed by atoms with Crippen molar-refractivity contribution in [2.75, 3.05) is 6.61 Å². The zero-order valence-electron chi connectivity index (χ0n) is 8.54. The zero-order chi connectivity index (χ0) is 13.4. The molecule has 1 heterocycles. The number of aliphatic hydroxyl groups excluding tert-OH is 5. The molecule has 1 fully saturated rings. The Morgan fingerprint density at radius 1 is 1.29 bits per heavy atom. The third-order valence-corrected chi connectivity index (χ3v) is 2.60. The molecule has 3 unspecified atom stereocenters. The molecule has 0 radical (unpaired) electrons. The molecular formula is C8H14O9. The van der Waals surface area contributed by atoms with Crippen molar-refractivity contribution in [2.45, 2.75) is 36.3 Å². The van der Waals surface area contributed by atoms with Gasteiger partial charge in [-0.2, -0.15) is 0 Å². The maximum Gasteiger partial charge on any atom is 0.367 e. The molecule has 17 heavy (non-hydrogen) atoms. The van der Waals surface area contributed by atoms with Crippen molar-refractivity contribution in [1.82, 2.24) is 0 Å². The summed E-state index contributed by atoms with van der Waals surface area (Å²) in [4.78, 5) is 10.7. The Bertz CT molecular complexity index is 295. The smallest absolute Gasteiger partial charge is 0.367 e. The fourth-order valence-electron chi connectivity index (χ4n) is 1.55. The normalized spacial score (nSPS) is 44.4. The van der Waals surface area contributed by atoms with Crippen LogP contribution in [0, 0.1) is 0 Å². The van der Waals surface area contributed by atoms with Crippen LogP contribution in [0.15, 0.2) is 0 Å². The molecule has 1 aliphatic heterocycles. The molecule has 0 aromatic heterocycles. The molecule has 1 rings (SSSR count).